The first kappa shape index (κ1) is 16.7. The molecule has 0 aliphatic heterocycles. The molecule has 1 amide bonds. The van der Waals surface area contributed by atoms with Gasteiger partial charge in [0.2, 0.25) is 5.91 Å². The van der Waals surface area contributed by atoms with Crippen LogP contribution < -0.4 is 5.32 Å². The number of benzene rings is 2. The minimum absolute atomic E-state index is 0.269. The lowest BCUT2D eigenvalue weighted by molar-refractivity contribution is -0.142. The number of carboxylic acids is 1. The standard InChI is InChI=1S/C19H21NO3/c1-13(2)18(21)20-17(19(22)23)16(14-9-5-3-6-10-14)15-11-7-4-8-12-15/h3-13,16-17H,1-2H3,(H,20,21)(H,22,23)/t17-/m1/s1. The molecular weight excluding hydrogens is 290 g/mol. The fourth-order valence-electron chi connectivity index (χ4n) is 2.51. The number of aliphatic carboxylic acids is 1. The van der Waals surface area contributed by atoms with E-state index in [0.717, 1.165) is 11.1 Å². The first-order chi connectivity index (χ1) is 11.0. The number of carbonyl (C=O) groups is 2. The molecule has 0 radical (unpaired) electrons. The predicted molar refractivity (Wildman–Crippen MR) is 89.1 cm³/mol. The molecule has 0 saturated carbocycles. The van der Waals surface area contributed by atoms with Gasteiger partial charge in [-0.05, 0) is 11.1 Å². The van der Waals surface area contributed by atoms with E-state index in [2.05, 4.69) is 5.32 Å². The monoisotopic (exact) mass is 311 g/mol. The second-order valence-corrected chi connectivity index (χ2v) is 5.78. The van der Waals surface area contributed by atoms with Gasteiger partial charge in [-0.15, -0.1) is 0 Å². The van der Waals surface area contributed by atoms with Gasteiger partial charge in [-0.2, -0.15) is 0 Å². The first-order valence-corrected chi connectivity index (χ1v) is 7.63. The third-order valence-electron chi connectivity index (χ3n) is 3.74. The van der Waals surface area contributed by atoms with Crippen LogP contribution in [0.1, 0.15) is 30.9 Å². The lowest BCUT2D eigenvalue weighted by Crippen LogP contribution is -2.46. The van der Waals surface area contributed by atoms with Gasteiger partial charge < -0.3 is 10.4 Å². The Morgan fingerprint density at radius 1 is 0.870 bits per heavy atom. The maximum Gasteiger partial charge on any atom is 0.327 e. The summed E-state index contributed by atoms with van der Waals surface area (Å²) >= 11 is 0. The molecule has 23 heavy (non-hydrogen) atoms. The molecule has 120 valence electrons. The van der Waals surface area contributed by atoms with Crippen molar-refractivity contribution in [2.45, 2.75) is 25.8 Å². The zero-order chi connectivity index (χ0) is 16.8. The number of amides is 1. The summed E-state index contributed by atoms with van der Waals surface area (Å²) in [4.78, 5) is 23.9. The molecule has 0 saturated heterocycles. The molecule has 0 fully saturated rings. The summed E-state index contributed by atoms with van der Waals surface area (Å²) in [5, 5.41) is 12.4. The third kappa shape index (κ3) is 4.19. The number of rotatable bonds is 6. The van der Waals surface area contributed by atoms with Gasteiger partial charge in [0.25, 0.3) is 0 Å². The van der Waals surface area contributed by atoms with Crippen molar-refractivity contribution in [3.05, 3.63) is 71.8 Å². The SMILES string of the molecule is CC(C)C(=O)N[C@@H](C(=O)O)C(c1ccccc1)c1ccccc1. The summed E-state index contributed by atoms with van der Waals surface area (Å²) in [5.41, 5.74) is 1.71. The number of nitrogens with one attached hydrogen (secondary N) is 1. The van der Waals surface area contributed by atoms with Crippen LogP contribution in [0.2, 0.25) is 0 Å². The molecule has 0 aliphatic rings. The van der Waals surface area contributed by atoms with Crippen molar-refractivity contribution in [2.24, 2.45) is 5.92 Å². The second-order valence-electron chi connectivity index (χ2n) is 5.78. The summed E-state index contributed by atoms with van der Waals surface area (Å²) in [7, 11) is 0. The summed E-state index contributed by atoms with van der Waals surface area (Å²) in [6.45, 7) is 3.49. The maximum absolute atomic E-state index is 12.1. The molecule has 0 spiro atoms. The Hall–Kier alpha value is -2.62. The van der Waals surface area contributed by atoms with E-state index in [0.29, 0.717) is 0 Å². The molecule has 0 aliphatic carbocycles. The van der Waals surface area contributed by atoms with Gasteiger partial charge in [-0.25, -0.2) is 4.79 Å². The minimum atomic E-state index is -1.04. The maximum atomic E-state index is 12.1. The van der Waals surface area contributed by atoms with Gasteiger partial charge >= 0.3 is 5.97 Å². The lowest BCUT2D eigenvalue weighted by atomic mass is 9.84. The average Bonchev–Trinajstić information content (AvgIpc) is 2.56. The van der Waals surface area contributed by atoms with Crippen LogP contribution in [0.5, 0.6) is 0 Å². The Morgan fingerprint density at radius 2 is 1.30 bits per heavy atom. The van der Waals surface area contributed by atoms with Crippen LogP contribution in [0.15, 0.2) is 60.7 Å². The summed E-state index contributed by atoms with van der Waals surface area (Å²) < 4.78 is 0. The first-order valence-electron chi connectivity index (χ1n) is 7.63. The van der Waals surface area contributed by atoms with E-state index in [4.69, 9.17) is 0 Å². The van der Waals surface area contributed by atoms with Gasteiger partial charge in [0.05, 0.1) is 0 Å². The van der Waals surface area contributed by atoms with Crippen LogP contribution in [0.4, 0.5) is 0 Å². The Labute approximate surface area is 136 Å². The van der Waals surface area contributed by atoms with E-state index < -0.39 is 17.9 Å². The highest BCUT2D eigenvalue weighted by molar-refractivity contribution is 5.85. The number of carbonyl (C=O) groups excluding carboxylic acids is 1. The van der Waals surface area contributed by atoms with Crippen molar-refractivity contribution >= 4 is 11.9 Å². The van der Waals surface area contributed by atoms with Crippen LogP contribution in [-0.4, -0.2) is 23.0 Å². The molecule has 2 N–H and O–H groups in total. The predicted octanol–water partition coefficient (Wildman–Crippen LogP) is 3.04. The van der Waals surface area contributed by atoms with Crippen molar-refractivity contribution in [3.8, 4) is 0 Å². The van der Waals surface area contributed by atoms with Crippen molar-refractivity contribution in [3.63, 3.8) is 0 Å². The quantitative estimate of drug-likeness (QED) is 0.861. The van der Waals surface area contributed by atoms with E-state index in [-0.39, 0.29) is 11.8 Å². The molecule has 1 atom stereocenters. The van der Waals surface area contributed by atoms with E-state index in [1.807, 2.05) is 60.7 Å². The Bertz CT molecular complexity index is 613. The molecule has 0 aromatic heterocycles. The minimum Gasteiger partial charge on any atom is -0.480 e. The topological polar surface area (TPSA) is 66.4 Å². The third-order valence-corrected chi connectivity index (χ3v) is 3.74. The van der Waals surface area contributed by atoms with Crippen molar-refractivity contribution in [1.82, 2.24) is 5.32 Å². The smallest absolute Gasteiger partial charge is 0.327 e. The number of carboxylic acid groups (broad SMARTS) is 1. The van der Waals surface area contributed by atoms with Crippen LogP contribution in [-0.2, 0) is 9.59 Å². The van der Waals surface area contributed by atoms with Gasteiger partial charge in [0, 0.05) is 11.8 Å². The fraction of sp³-hybridized carbons (Fsp3) is 0.263. The van der Waals surface area contributed by atoms with Gasteiger partial charge in [0.15, 0.2) is 0 Å². The van der Waals surface area contributed by atoms with Crippen LogP contribution >= 0.6 is 0 Å². The largest absolute Gasteiger partial charge is 0.480 e. The highest BCUT2D eigenvalue weighted by Crippen LogP contribution is 2.28. The Kier molecular flexibility index (Phi) is 5.52. The Morgan fingerprint density at radius 3 is 1.65 bits per heavy atom. The van der Waals surface area contributed by atoms with E-state index in [1.165, 1.54) is 0 Å². The zero-order valence-electron chi connectivity index (χ0n) is 13.3. The van der Waals surface area contributed by atoms with Crippen LogP contribution in [0.25, 0.3) is 0 Å². The van der Waals surface area contributed by atoms with Crippen LogP contribution in [0.3, 0.4) is 0 Å². The summed E-state index contributed by atoms with van der Waals surface area (Å²) in [5.74, 6) is -2.03. The van der Waals surface area contributed by atoms with E-state index >= 15 is 0 Å². The van der Waals surface area contributed by atoms with Crippen molar-refractivity contribution in [1.29, 1.82) is 0 Å². The van der Waals surface area contributed by atoms with Crippen LogP contribution in [0, 0.1) is 5.92 Å². The highest BCUT2D eigenvalue weighted by atomic mass is 16.4. The molecule has 0 unspecified atom stereocenters. The molecule has 4 heteroatoms. The van der Waals surface area contributed by atoms with E-state index in [1.54, 1.807) is 13.8 Å². The van der Waals surface area contributed by atoms with E-state index in [9.17, 15) is 14.7 Å². The highest BCUT2D eigenvalue weighted by Gasteiger charge is 2.32. The summed E-state index contributed by atoms with van der Waals surface area (Å²) in [6.07, 6.45) is 0. The fourth-order valence-corrected chi connectivity index (χ4v) is 2.51. The van der Waals surface area contributed by atoms with Gasteiger partial charge in [0.1, 0.15) is 6.04 Å². The molecule has 2 rings (SSSR count). The molecule has 2 aromatic carbocycles. The normalized spacial score (nSPS) is 12.2. The average molecular weight is 311 g/mol. The molecule has 4 nitrogen and oxygen atoms in total. The molecule has 0 bridgehead atoms. The van der Waals surface area contributed by atoms with Crippen molar-refractivity contribution < 1.29 is 14.7 Å². The van der Waals surface area contributed by atoms with Gasteiger partial charge in [-0.1, -0.05) is 74.5 Å². The molecular formula is C19H21NO3. The molecule has 0 heterocycles. The lowest BCUT2D eigenvalue weighted by Gasteiger charge is -2.26. The summed E-state index contributed by atoms with van der Waals surface area (Å²) in [6, 6.07) is 17.8. The number of hydrogen-bond acceptors (Lipinski definition) is 2. The molecule has 2 aromatic rings. The number of hydrogen-bond donors (Lipinski definition) is 2. The Balaban J connectivity index is 2.46. The second kappa shape index (κ2) is 7.58. The van der Waals surface area contributed by atoms with Gasteiger partial charge in [-0.3, -0.25) is 4.79 Å². The van der Waals surface area contributed by atoms with Crippen molar-refractivity contribution in [2.75, 3.05) is 0 Å². The zero-order valence-corrected chi connectivity index (χ0v) is 13.3.